The molecule has 0 radical (unpaired) electrons. The van der Waals surface area contributed by atoms with E-state index in [1.807, 2.05) is 19.9 Å². The summed E-state index contributed by atoms with van der Waals surface area (Å²) in [5.74, 6) is -1.46. The highest BCUT2D eigenvalue weighted by atomic mass is 16.5. The third kappa shape index (κ3) is 3.95. The van der Waals surface area contributed by atoms with Gasteiger partial charge in [0, 0.05) is 30.0 Å². The zero-order valence-electron chi connectivity index (χ0n) is 15.8. The monoisotopic (exact) mass is 362 g/mol. The maximum atomic E-state index is 12.8. The van der Waals surface area contributed by atoms with Gasteiger partial charge >= 0.3 is 5.97 Å². The quantitative estimate of drug-likeness (QED) is 0.843. The van der Waals surface area contributed by atoms with Crippen LogP contribution in [0.25, 0.3) is 0 Å². The average Bonchev–Trinajstić information content (AvgIpc) is 2.95. The van der Waals surface area contributed by atoms with E-state index in [2.05, 4.69) is 9.88 Å². The number of carbonyl (C=O) groups is 2. The molecule has 2 unspecified atom stereocenters. The number of aliphatic carboxylic acids is 1. The van der Waals surface area contributed by atoms with Crippen LogP contribution in [0, 0.1) is 19.8 Å². The van der Waals surface area contributed by atoms with E-state index in [1.54, 1.807) is 0 Å². The molecule has 2 fully saturated rings. The number of amides is 1. The fourth-order valence-electron chi connectivity index (χ4n) is 4.54. The molecule has 0 spiro atoms. The van der Waals surface area contributed by atoms with Crippen LogP contribution in [0.5, 0.6) is 0 Å². The smallest absolute Gasteiger partial charge is 0.326 e. The Kier molecular flexibility index (Phi) is 6.01. The first-order chi connectivity index (χ1) is 12.5. The van der Waals surface area contributed by atoms with E-state index in [-0.39, 0.29) is 11.8 Å². The molecule has 0 aromatic carbocycles. The lowest BCUT2D eigenvalue weighted by molar-refractivity contribution is -0.142. The Hall–Kier alpha value is -1.82. The second-order valence-electron chi connectivity index (χ2n) is 7.71. The number of nitrogens with zero attached hydrogens (tertiary/aromatic N) is 1. The summed E-state index contributed by atoms with van der Waals surface area (Å²) in [5.41, 5.74) is 2.61. The summed E-state index contributed by atoms with van der Waals surface area (Å²) in [7, 11) is 0. The first-order valence-corrected chi connectivity index (χ1v) is 9.79. The van der Waals surface area contributed by atoms with Crippen molar-refractivity contribution < 1.29 is 19.4 Å². The lowest BCUT2D eigenvalue weighted by atomic mass is 9.93. The number of hydrogen-bond acceptors (Lipinski definition) is 3. The molecule has 26 heavy (non-hydrogen) atoms. The van der Waals surface area contributed by atoms with E-state index in [0.717, 1.165) is 37.1 Å². The number of aromatic nitrogens is 1. The Morgan fingerprint density at radius 1 is 1.19 bits per heavy atom. The summed E-state index contributed by atoms with van der Waals surface area (Å²) < 4.78 is 7.68. The second kappa shape index (κ2) is 8.25. The van der Waals surface area contributed by atoms with Gasteiger partial charge in [0.2, 0.25) is 0 Å². The van der Waals surface area contributed by atoms with Crippen LogP contribution in [0.3, 0.4) is 0 Å². The highest BCUT2D eigenvalue weighted by molar-refractivity contribution is 5.98. The summed E-state index contributed by atoms with van der Waals surface area (Å²) in [5, 5.41) is 12.3. The van der Waals surface area contributed by atoms with Gasteiger partial charge in [0.15, 0.2) is 0 Å². The van der Waals surface area contributed by atoms with Crippen molar-refractivity contribution >= 4 is 11.9 Å². The minimum Gasteiger partial charge on any atom is -0.480 e. The third-order valence-corrected chi connectivity index (χ3v) is 5.89. The number of aryl methyl sites for hydroxylation is 1. The van der Waals surface area contributed by atoms with Gasteiger partial charge in [-0.1, -0.05) is 19.3 Å². The second-order valence-corrected chi connectivity index (χ2v) is 7.71. The number of hydrogen-bond donors (Lipinski definition) is 2. The summed E-state index contributed by atoms with van der Waals surface area (Å²) in [6.45, 7) is 5.05. The third-order valence-electron chi connectivity index (χ3n) is 5.89. The molecule has 3 rings (SSSR count). The Bertz CT molecular complexity index is 655. The fraction of sp³-hybridized carbons (Fsp3) is 0.700. The molecule has 2 N–H and O–H groups in total. The zero-order valence-corrected chi connectivity index (χ0v) is 15.8. The van der Waals surface area contributed by atoms with Crippen LogP contribution >= 0.6 is 0 Å². The summed E-state index contributed by atoms with van der Waals surface area (Å²) >= 11 is 0. The van der Waals surface area contributed by atoms with Crippen molar-refractivity contribution in [3.8, 4) is 0 Å². The molecule has 1 saturated heterocycles. The Balaban J connectivity index is 1.77. The summed E-state index contributed by atoms with van der Waals surface area (Å²) in [4.78, 5) is 24.5. The van der Waals surface area contributed by atoms with Crippen LogP contribution in [0.2, 0.25) is 0 Å². The standard InChI is InChI=1S/C20H30N2O4/c1-13-11-17(14(2)22(13)16-8-4-3-5-9-16)19(23)21-18(20(24)25)15-7-6-10-26-12-15/h11,15-16,18H,3-10,12H2,1-2H3,(H,21,23)(H,24,25). The highest BCUT2D eigenvalue weighted by Crippen LogP contribution is 2.32. The van der Waals surface area contributed by atoms with Gasteiger partial charge in [0.1, 0.15) is 6.04 Å². The Labute approximate surface area is 154 Å². The molecule has 1 aromatic rings. The number of carboxylic acids is 1. The molecule has 144 valence electrons. The lowest BCUT2D eigenvalue weighted by Gasteiger charge is -2.28. The maximum absolute atomic E-state index is 12.8. The van der Waals surface area contributed by atoms with Crippen LogP contribution < -0.4 is 5.32 Å². The molecular weight excluding hydrogens is 332 g/mol. The van der Waals surface area contributed by atoms with E-state index >= 15 is 0 Å². The molecule has 1 aliphatic heterocycles. The number of carboxylic acid groups (broad SMARTS) is 1. The van der Waals surface area contributed by atoms with E-state index in [4.69, 9.17) is 4.74 Å². The first kappa shape index (κ1) is 19.0. The van der Waals surface area contributed by atoms with Crippen molar-refractivity contribution in [2.45, 2.75) is 70.9 Å². The zero-order chi connectivity index (χ0) is 18.7. The minimum atomic E-state index is -0.991. The van der Waals surface area contributed by atoms with Crippen LogP contribution in [0.15, 0.2) is 6.07 Å². The summed E-state index contributed by atoms with van der Waals surface area (Å²) in [6.07, 6.45) is 7.63. The van der Waals surface area contributed by atoms with Gasteiger partial charge in [-0.05, 0) is 45.6 Å². The molecule has 2 heterocycles. The Morgan fingerprint density at radius 3 is 2.54 bits per heavy atom. The van der Waals surface area contributed by atoms with Crippen molar-refractivity contribution in [2.24, 2.45) is 5.92 Å². The van der Waals surface area contributed by atoms with Crippen molar-refractivity contribution in [3.63, 3.8) is 0 Å². The predicted octanol–water partition coefficient (Wildman–Crippen LogP) is 3.22. The van der Waals surface area contributed by atoms with Crippen molar-refractivity contribution in [1.29, 1.82) is 0 Å². The van der Waals surface area contributed by atoms with E-state index in [0.29, 0.717) is 24.8 Å². The van der Waals surface area contributed by atoms with E-state index in [1.165, 1.54) is 19.3 Å². The van der Waals surface area contributed by atoms with Crippen molar-refractivity contribution in [2.75, 3.05) is 13.2 Å². The number of ether oxygens (including phenoxy) is 1. The maximum Gasteiger partial charge on any atom is 0.326 e. The van der Waals surface area contributed by atoms with E-state index in [9.17, 15) is 14.7 Å². The highest BCUT2D eigenvalue weighted by Gasteiger charge is 2.32. The molecule has 6 heteroatoms. The first-order valence-electron chi connectivity index (χ1n) is 9.79. The van der Waals surface area contributed by atoms with Crippen LogP contribution in [0.4, 0.5) is 0 Å². The minimum absolute atomic E-state index is 0.174. The molecule has 1 aromatic heterocycles. The average molecular weight is 362 g/mol. The molecule has 6 nitrogen and oxygen atoms in total. The summed E-state index contributed by atoms with van der Waals surface area (Å²) in [6, 6.07) is 1.45. The Morgan fingerprint density at radius 2 is 1.92 bits per heavy atom. The van der Waals surface area contributed by atoms with Gasteiger partial charge in [-0.3, -0.25) is 4.79 Å². The molecule has 1 aliphatic carbocycles. The lowest BCUT2D eigenvalue weighted by Crippen LogP contribution is -2.48. The van der Waals surface area contributed by atoms with Gasteiger partial charge in [0.25, 0.3) is 5.91 Å². The molecule has 1 amide bonds. The largest absolute Gasteiger partial charge is 0.480 e. The van der Waals surface area contributed by atoms with Crippen LogP contribution in [0.1, 0.15) is 72.7 Å². The van der Waals surface area contributed by atoms with Crippen LogP contribution in [-0.4, -0.2) is 40.8 Å². The predicted molar refractivity (Wildman–Crippen MR) is 98.5 cm³/mol. The van der Waals surface area contributed by atoms with Crippen molar-refractivity contribution in [3.05, 3.63) is 23.0 Å². The van der Waals surface area contributed by atoms with Crippen molar-refractivity contribution in [1.82, 2.24) is 9.88 Å². The van der Waals surface area contributed by atoms with Gasteiger partial charge < -0.3 is 19.7 Å². The van der Waals surface area contributed by atoms with Crippen LogP contribution in [-0.2, 0) is 9.53 Å². The SMILES string of the molecule is Cc1cc(C(=O)NC(C(=O)O)C2CCCOC2)c(C)n1C1CCCCC1. The van der Waals surface area contributed by atoms with Gasteiger partial charge in [-0.15, -0.1) is 0 Å². The molecule has 0 bridgehead atoms. The van der Waals surface area contributed by atoms with E-state index < -0.39 is 12.0 Å². The molecular formula is C20H30N2O4. The number of carbonyl (C=O) groups excluding carboxylic acids is 1. The molecule has 2 aliphatic rings. The normalized spacial score (nSPS) is 22.8. The van der Waals surface area contributed by atoms with Gasteiger partial charge in [-0.25, -0.2) is 4.79 Å². The molecule has 2 atom stereocenters. The topological polar surface area (TPSA) is 80.6 Å². The molecule has 1 saturated carbocycles. The fourth-order valence-corrected chi connectivity index (χ4v) is 4.54. The number of rotatable bonds is 5. The van der Waals surface area contributed by atoms with Gasteiger partial charge in [-0.2, -0.15) is 0 Å². The van der Waals surface area contributed by atoms with Gasteiger partial charge in [0.05, 0.1) is 12.2 Å². The number of nitrogens with one attached hydrogen (secondary N) is 1.